The predicted molar refractivity (Wildman–Crippen MR) is 94.8 cm³/mol. The van der Waals surface area contributed by atoms with Gasteiger partial charge in [-0.15, -0.1) is 0 Å². The molecule has 0 aliphatic carbocycles. The highest BCUT2D eigenvalue weighted by Crippen LogP contribution is 2.32. The van der Waals surface area contributed by atoms with Crippen LogP contribution in [0.5, 0.6) is 5.75 Å². The maximum absolute atomic E-state index is 6.43. The molecule has 21 heavy (non-hydrogen) atoms. The van der Waals surface area contributed by atoms with Crippen molar-refractivity contribution in [3.8, 4) is 5.75 Å². The summed E-state index contributed by atoms with van der Waals surface area (Å²) in [7, 11) is 0. The van der Waals surface area contributed by atoms with Gasteiger partial charge in [-0.05, 0) is 61.7 Å². The normalized spacial score (nSPS) is 12.5. The summed E-state index contributed by atoms with van der Waals surface area (Å²) >= 11 is 7.17. The van der Waals surface area contributed by atoms with Crippen LogP contribution in [-0.2, 0) is 0 Å². The van der Waals surface area contributed by atoms with Crippen LogP contribution < -0.4 is 10.5 Å². The van der Waals surface area contributed by atoms with Crippen molar-refractivity contribution < 1.29 is 4.74 Å². The highest BCUT2D eigenvalue weighted by atomic mass is 79.9. The molecule has 0 saturated heterocycles. The Labute approximate surface area is 143 Å². The zero-order valence-electron chi connectivity index (χ0n) is 12.4. The van der Waals surface area contributed by atoms with Crippen molar-refractivity contribution in [1.82, 2.24) is 0 Å². The zero-order valence-corrected chi connectivity index (χ0v) is 15.5. The molecule has 0 radical (unpaired) electrons. The van der Waals surface area contributed by atoms with Crippen molar-refractivity contribution in [3.05, 3.63) is 62.0 Å². The van der Waals surface area contributed by atoms with E-state index in [1.165, 1.54) is 5.56 Å². The van der Waals surface area contributed by atoms with Crippen LogP contribution in [0.3, 0.4) is 0 Å². The van der Waals surface area contributed by atoms with Gasteiger partial charge < -0.3 is 10.5 Å². The van der Waals surface area contributed by atoms with E-state index in [-0.39, 0.29) is 12.1 Å². The van der Waals surface area contributed by atoms with E-state index in [4.69, 9.17) is 10.5 Å². The number of hydrogen-bond acceptors (Lipinski definition) is 2. The second-order valence-electron chi connectivity index (χ2n) is 5.34. The van der Waals surface area contributed by atoms with Crippen molar-refractivity contribution in [3.63, 3.8) is 0 Å². The lowest BCUT2D eigenvalue weighted by Gasteiger charge is -2.17. The van der Waals surface area contributed by atoms with Crippen LogP contribution in [0.4, 0.5) is 0 Å². The van der Waals surface area contributed by atoms with Crippen LogP contribution in [0.2, 0.25) is 0 Å². The fraction of sp³-hybridized carbons (Fsp3) is 0.294. The van der Waals surface area contributed by atoms with E-state index >= 15 is 0 Å². The minimum absolute atomic E-state index is 0.150. The third-order valence-corrected chi connectivity index (χ3v) is 4.74. The summed E-state index contributed by atoms with van der Waals surface area (Å²) in [6.45, 7) is 6.09. The Balaban J connectivity index is 2.36. The maximum atomic E-state index is 6.43. The molecule has 0 bridgehead atoms. The van der Waals surface area contributed by atoms with E-state index in [1.54, 1.807) is 0 Å². The smallest absolute Gasteiger partial charge is 0.120 e. The van der Waals surface area contributed by atoms with Crippen molar-refractivity contribution >= 4 is 31.9 Å². The number of nitrogens with two attached hydrogens (primary N) is 1. The largest absolute Gasteiger partial charge is 0.491 e. The first-order valence-corrected chi connectivity index (χ1v) is 8.45. The topological polar surface area (TPSA) is 35.2 Å². The Morgan fingerprint density at radius 1 is 1.05 bits per heavy atom. The number of ether oxygens (including phenoxy) is 1. The summed E-state index contributed by atoms with van der Waals surface area (Å²) in [5.74, 6) is 0.847. The lowest BCUT2D eigenvalue weighted by atomic mass is 9.98. The highest BCUT2D eigenvalue weighted by molar-refractivity contribution is 9.11. The Hall–Kier alpha value is -0.840. The van der Waals surface area contributed by atoms with Gasteiger partial charge in [-0.3, -0.25) is 0 Å². The molecule has 2 rings (SSSR count). The van der Waals surface area contributed by atoms with E-state index in [2.05, 4.69) is 50.9 Å². The lowest BCUT2D eigenvalue weighted by Crippen LogP contribution is -2.13. The second-order valence-corrected chi connectivity index (χ2v) is 7.05. The number of aryl methyl sites for hydroxylation is 1. The number of halogens is 2. The molecule has 2 aromatic carbocycles. The third-order valence-electron chi connectivity index (χ3n) is 3.20. The van der Waals surface area contributed by atoms with E-state index in [9.17, 15) is 0 Å². The fourth-order valence-electron chi connectivity index (χ4n) is 2.13. The van der Waals surface area contributed by atoms with Gasteiger partial charge in [0.1, 0.15) is 5.75 Å². The molecule has 0 spiro atoms. The first kappa shape index (κ1) is 16.5. The van der Waals surface area contributed by atoms with Crippen LogP contribution in [0.15, 0.2) is 45.3 Å². The van der Waals surface area contributed by atoms with Crippen molar-refractivity contribution in [2.75, 3.05) is 0 Å². The van der Waals surface area contributed by atoms with Gasteiger partial charge in [0.15, 0.2) is 0 Å². The SMILES string of the molecule is Cc1cc(Br)c(C(N)c2cccc(OC(C)C)c2)cc1Br. The summed E-state index contributed by atoms with van der Waals surface area (Å²) in [5.41, 5.74) is 9.69. The average Bonchev–Trinajstić information content (AvgIpc) is 2.41. The summed E-state index contributed by atoms with van der Waals surface area (Å²) < 4.78 is 7.82. The Morgan fingerprint density at radius 2 is 1.76 bits per heavy atom. The summed E-state index contributed by atoms with van der Waals surface area (Å²) in [6.07, 6.45) is 0.150. The van der Waals surface area contributed by atoms with Gasteiger partial charge >= 0.3 is 0 Å². The molecule has 112 valence electrons. The molecule has 2 aromatic rings. The Morgan fingerprint density at radius 3 is 2.43 bits per heavy atom. The molecule has 2 nitrogen and oxygen atoms in total. The van der Waals surface area contributed by atoms with Gasteiger partial charge in [-0.1, -0.05) is 44.0 Å². The van der Waals surface area contributed by atoms with Gasteiger partial charge in [0.05, 0.1) is 12.1 Å². The van der Waals surface area contributed by atoms with Gasteiger partial charge in [-0.2, -0.15) is 0 Å². The van der Waals surface area contributed by atoms with E-state index < -0.39 is 0 Å². The third kappa shape index (κ3) is 4.09. The van der Waals surface area contributed by atoms with E-state index in [0.29, 0.717) is 0 Å². The molecule has 4 heteroatoms. The molecule has 2 N–H and O–H groups in total. The molecule has 0 fully saturated rings. The quantitative estimate of drug-likeness (QED) is 0.733. The zero-order chi connectivity index (χ0) is 15.6. The van der Waals surface area contributed by atoms with Crippen LogP contribution in [0, 0.1) is 6.92 Å². The molecule has 0 heterocycles. The highest BCUT2D eigenvalue weighted by Gasteiger charge is 2.15. The molecular formula is C17H19Br2NO. The molecule has 1 unspecified atom stereocenters. The minimum Gasteiger partial charge on any atom is -0.491 e. The average molecular weight is 413 g/mol. The van der Waals surface area contributed by atoms with Gasteiger partial charge in [-0.25, -0.2) is 0 Å². The number of hydrogen-bond donors (Lipinski definition) is 1. The predicted octanol–water partition coefficient (Wildman–Crippen LogP) is 5.36. The Bertz CT molecular complexity index is 641. The lowest BCUT2D eigenvalue weighted by molar-refractivity contribution is 0.242. The van der Waals surface area contributed by atoms with Gasteiger partial charge in [0.25, 0.3) is 0 Å². The van der Waals surface area contributed by atoms with Crippen molar-refractivity contribution in [2.45, 2.75) is 32.9 Å². The van der Waals surface area contributed by atoms with Crippen LogP contribution in [0.25, 0.3) is 0 Å². The van der Waals surface area contributed by atoms with Crippen LogP contribution >= 0.6 is 31.9 Å². The minimum atomic E-state index is -0.202. The van der Waals surface area contributed by atoms with Gasteiger partial charge in [0, 0.05) is 8.95 Å². The summed E-state index contributed by atoms with van der Waals surface area (Å²) in [6, 6.07) is 11.9. The van der Waals surface area contributed by atoms with Gasteiger partial charge in [0.2, 0.25) is 0 Å². The molecule has 0 aromatic heterocycles. The van der Waals surface area contributed by atoms with Crippen molar-refractivity contribution in [2.24, 2.45) is 5.73 Å². The summed E-state index contributed by atoms with van der Waals surface area (Å²) in [4.78, 5) is 0. The second kappa shape index (κ2) is 6.95. The first-order chi connectivity index (χ1) is 9.88. The van der Waals surface area contributed by atoms with Crippen molar-refractivity contribution in [1.29, 1.82) is 0 Å². The first-order valence-electron chi connectivity index (χ1n) is 6.86. The Kier molecular flexibility index (Phi) is 5.47. The monoisotopic (exact) mass is 411 g/mol. The maximum Gasteiger partial charge on any atom is 0.120 e. The molecule has 0 saturated carbocycles. The molecule has 1 atom stereocenters. The van der Waals surface area contributed by atoms with Crippen LogP contribution in [0.1, 0.15) is 36.6 Å². The van der Waals surface area contributed by atoms with E-state index in [0.717, 1.165) is 25.8 Å². The molecule has 0 amide bonds. The van der Waals surface area contributed by atoms with Crippen LogP contribution in [-0.4, -0.2) is 6.10 Å². The fourth-order valence-corrected chi connectivity index (χ4v) is 3.20. The summed E-state index contributed by atoms with van der Waals surface area (Å²) in [5, 5.41) is 0. The molecule has 0 aliphatic heterocycles. The molecular weight excluding hydrogens is 394 g/mol. The van der Waals surface area contributed by atoms with E-state index in [1.807, 2.05) is 38.1 Å². The molecule has 0 aliphatic rings. The standard InChI is InChI=1S/C17H19Br2NO/c1-10(2)21-13-6-4-5-12(8-13)17(20)14-9-15(18)11(3)7-16(14)19/h4-10,17H,20H2,1-3H3. The number of benzene rings is 2. The number of rotatable bonds is 4.